The van der Waals surface area contributed by atoms with Crippen molar-refractivity contribution in [1.82, 2.24) is 0 Å². The number of hydrogen-bond acceptors (Lipinski definition) is 2. The molecular formula is C15H22O2. The van der Waals surface area contributed by atoms with E-state index < -0.39 is 0 Å². The van der Waals surface area contributed by atoms with Gasteiger partial charge in [0.1, 0.15) is 5.76 Å². The highest BCUT2D eigenvalue weighted by Gasteiger charge is 2.70. The summed E-state index contributed by atoms with van der Waals surface area (Å²) in [6.45, 7) is 11.0. The Kier molecular flexibility index (Phi) is 1.97. The Morgan fingerprint density at radius 3 is 2.29 bits per heavy atom. The molecule has 2 nitrogen and oxygen atoms in total. The Morgan fingerprint density at radius 2 is 1.82 bits per heavy atom. The van der Waals surface area contributed by atoms with Crippen LogP contribution in [0.1, 0.15) is 47.5 Å². The number of carbonyl (C=O) groups excluding carboxylic acids is 1. The Balaban J connectivity index is 1.99. The molecule has 0 spiro atoms. The smallest absolute Gasteiger partial charge is 0.314 e. The maximum atomic E-state index is 12.3. The molecule has 0 radical (unpaired) electrons. The van der Waals surface area contributed by atoms with Crippen LogP contribution in [0.2, 0.25) is 0 Å². The zero-order chi connectivity index (χ0) is 12.6. The molecule has 0 amide bonds. The van der Waals surface area contributed by atoms with Gasteiger partial charge in [0.05, 0.1) is 5.92 Å². The van der Waals surface area contributed by atoms with Gasteiger partial charge in [-0.2, -0.15) is 0 Å². The number of ether oxygens (including phenoxy) is 1. The second-order valence-electron chi connectivity index (χ2n) is 7.56. The Labute approximate surface area is 103 Å². The number of cyclic esters (lactones) is 1. The molecule has 0 N–H and O–H groups in total. The minimum absolute atomic E-state index is 0.00746. The van der Waals surface area contributed by atoms with E-state index in [1.54, 1.807) is 0 Å². The molecule has 0 aromatic rings. The van der Waals surface area contributed by atoms with E-state index in [0.717, 1.165) is 18.6 Å². The molecule has 3 atom stereocenters. The van der Waals surface area contributed by atoms with Crippen molar-refractivity contribution in [1.29, 1.82) is 0 Å². The van der Waals surface area contributed by atoms with E-state index >= 15 is 0 Å². The average Bonchev–Trinajstić information content (AvgIpc) is 3.01. The lowest BCUT2D eigenvalue weighted by Crippen LogP contribution is -2.36. The first-order chi connectivity index (χ1) is 7.74. The number of carbonyl (C=O) groups is 1. The number of esters is 1. The highest BCUT2D eigenvalue weighted by molar-refractivity contribution is 5.78. The quantitative estimate of drug-likeness (QED) is 0.599. The van der Waals surface area contributed by atoms with E-state index in [9.17, 15) is 4.79 Å². The molecule has 2 saturated carbocycles. The van der Waals surface area contributed by atoms with E-state index in [4.69, 9.17) is 4.74 Å². The molecule has 17 heavy (non-hydrogen) atoms. The molecule has 1 aliphatic heterocycles. The van der Waals surface area contributed by atoms with Crippen molar-refractivity contribution < 1.29 is 9.53 Å². The lowest BCUT2D eigenvalue weighted by molar-refractivity contribution is -0.152. The summed E-state index contributed by atoms with van der Waals surface area (Å²) < 4.78 is 5.68. The second kappa shape index (κ2) is 2.96. The van der Waals surface area contributed by atoms with Crippen molar-refractivity contribution in [3.63, 3.8) is 0 Å². The SMILES string of the molecule is CC(C)(C)C1C(=O)OC(=C2CC2)C2C1C2(C)C. The normalized spacial score (nSPS) is 38.6. The molecule has 0 aromatic heterocycles. The lowest BCUT2D eigenvalue weighted by Gasteiger charge is -2.32. The van der Waals surface area contributed by atoms with Gasteiger partial charge in [-0.25, -0.2) is 0 Å². The standard InChI is InChI=1S/C15H22O2/c1-14(2,3)11-9-10(15(9,4)5)12(8-6-7-8)17-13(11)16/h9-11H,6-7H2,1-5H3. The summed E-state index contributed by atoms with van der Waals surface area (Å²) in [7, 11) is 0. The lowest BCUT2D eigenvalue weighted by atomic mass is 9.75. The van der Waals surface area contributed by atoms with Crippen LogP contribution < -0.4 is 0 Å². The topological polar surface area (TPSA) is 26.3 Å². The van der Waals surface area contributed by atoms with E-state index in [-0.39, 0.29) is 22.7 Å². The summed E-state index contributed by atoms with van der Waals surface area (Å²) in [5, 5.41) is 0. The van der Waals surface area contributed by atoms with E-state index in [0.29, 0.717) is 11.8 Å². The molecule has 0 aromatic carbocycles. The molecule has 3 aliphatic rings. The van der Waals surface area contributed by atoms with Crippen LogP contribution in [-0.4, -0.2) is 5.97 Å². The predicted octanol–water partition coefficient (Wildman–Crippen LogP) is 3.53. The van der Waals surface area contributed by atoms with Crippen molar-refractivity contribution in [3.05, 3.63) is 11.3 Å². The summed E-state index contributed by atoms with van der Waals surface area (Å²) >= 11 is 0. The molecular weight excluding hydrogens is 212 g/mol. The Bertz CT molecular complexity index is 417. The van der Waals surface area contributed by atoms with Crippen molar-refractivity contribution in [2.75, 3.05) is 0 Å². The maximum absolute atomic E-state index is 12.3. The van der Waals surface area contributed by atoms with E-state index in [2.05, 4.69) is 34.6 Å². The summed E-state index contributed by atoms with van der Waals surface area (Å²) in [4.78, 5) is 12.3. The van der Waals surface area contributed by atoms with Crippen LogP contribution >= 0.6 is 0 Å². The molecule has 2 heteroatoms. The first-order valence-corrected chi connectivity index (χ1v) is 6.68. The zero-order valence-electron chi connectivity index (χ0n) is 11.5. The van der Waals surface area contributed by atoms with E-state index in [1.807, 2.05) is 0 Å². The van der Waals surface area contributed by atoms with Crippen LogP contribution in [-0.2, 0) is 9.53 Å². The molecule has 2 aliphatic carbocycles. The summed E-state index contributed by atoms with van der Waals surface area (Å²) in [6.07, 6.45) is 2.28. The van der Waals surface area contributed by atoms with Crippen LogP contribution in [0.15, 0.2) is 11.3 Å². The fourth-order valence-corrected chi connectivity index (χ4v) is 3.68. The first-order valence-electron chi connectivity index (χ1n) is 6.68. The predicted molar refractivity (Wildman–Crippen MR) is 66.1 cm³/mol. The van der Waals surface area contributed by atoms with Gasteiger partial charge in [0.25, 0.3) is 0 Å². The Hall–Kier alpha value is -0.790. The third kappa shape index (κ3) is 1.49. The van der Waals surface area contributed by atoms with Crippen LogP contribution in [0.4, 0.5) is 0 Å². The number of rotatable bonds is 0. The highest BCUT2D eigenvalue weighted by Crippen LogP contribution is 2.71. The van der Waals surface area contributed by atoms with Gasteiger partial charge in [-0.1, -0.05) is 34.6 Å². The molecule has 3 fully saturated rings. The average molecular weight is 234 g/mol. The second-order valence-corrected chi connectivity index (χ2v) is 7.56. The summed E-state index contributed by atoms with van der Waals surface area (Å²) in [6, 6.07) is 0. The van der Waals surface area contributed by atoms with Gasteiger partial charge in [-0.05, 0) is 35.2 Å². The fourth-order valence-electron chi connectivity index (χ4n) is 3.68. The summed E-state index contributed by atoms with van der Waals surface area (Å²) in [5.74, 6) is 2.11. The zero-order valence-corrected chi connectivity index (χ0v) is 11.5. The first kappa shape index (κ1) is 11.3. The molecule has 94 valence electrons. The van der Waals surface area contributed by atoms with Crippen LogP contribution in [0.5, 0.6) is 0 Å². The van der Waals surface area contributed by atoms with Crippen LogP contribution in [0, 0.1) is 28.6 Å². The van der Waals surface area contributed by atoms with Crippen molar-refractivity contribution in [2.24, 2.45) is 28.6 Å². The fraction of sp³-hybridized carbons (Fsp3) is 0.800. The molecule has 1 saturated heterocycles. The summed E-state index contributed by atoms with van der Waals surface area (Å²) in [5.41, 5.74) is 1.65. The van der Waals surface area contributed by atoms with Gasteiger partial charge in [0.15, 0.2) is 0 Å². The Morgan fingerprint density at radius 1 is 1.24 bits per heavy atom. The van der Waals surface area contributed by atoms with Gasteiger partial charge in [-0.3, -0.25) is 4.79 Å². The van der Waals surface area contributed by atoms with Gasteiger partial charge < -0.3 is 4.74 Å². The van der Waals surface area contributed by atoms with Gasteiger partial charge in [0.2, 0.25) is 0 Å². The minimum Gasteiger partial charge on any atom is -0.431 e. The molecule has 3 unspecified atom stereocenters. The van der Waals surface area contributed by atoms with Crippen molar-refractivity contribution in [3.8, 4) is 0 Å². The third-order valence-corrected chi connectivity index (χ3v) is 4.80. The number of fused-ring (bicyclic) bond motifs is 1. The van der Waals surface area contributed by atoms with E-state index in [1.165, 1.54) is 5.57 Å². The highest BCUT2D eigenvalue weighted by atomic mass is 16.5. The largest absolute Gasteiger partial charge is 0.431 e. The van der Waals surface area contributed by atoms with Crippen molar-refractivity contribution in [2.45, 2.75) is 47.5 Å². The number of hydrogen-bond donors (Lipinski definition) is 0. The monoisotopic (exact) mass is 234 g/mol. The number of allylic oxidation sites excluding steroid dienone is 2. The molecule has 0 bridgehead atoms. The van der Waals surface area contributed by atoms with Gasteiger partial charge >= 0.3 is 5.97 Å². The van der Waals surface area contributed by atoms with Crippen molar-refractivity contribution >= 4 is 5.97 Å². The van der Waals surface area contributed by atoms with Crippen LogP contribution in [0.25, 0.3) is 0 Å². The van der Waals surface area contributed by atoms with Gasteiger partial charge in [0, 0.05) is 5.92 Å². The van der Waals surface area contributed by atoms with Gasteiger partial charge in [-0.15, -0.1) is 0 Å². The van der Waals surface area contributed by atoms with Crippen LogP contribution in [0.3, 0.4) is 0 Å². The molecule has 3 rings (SSSR count). The third-order valence-electron chi connectivity index (χ3n) is 4.80. The minimum atomic E-state index is 0.00746. The molecule has 1 heterocycles. The maximum Gasteiger partial charge on any atom is 0.314 e.